The number of ether oxygens (including phenoxy) is 1. The molecule has 3 N–H and O–H groups in total. The number of Topliss-reactive ketones (excluding diaryl/α,β-unsaturated/α-hetero) is 1. The summed E-state index contributed by atoms with van der Waals surface area (Å²) in [7, 11) is 0. The largest absolute Gasteiger partial charge is 0.481 e. The summed E-state index contributed by atoms with van der Waals surface area (Å²) in [5, 5.41) is 26.2. The molecule has 0 bridgehead atoms. The van der Waals surface area contributed by atoms with Crippen molar-refractivity contribution in [3.63, 3.8) is 0 Å². The van der Waals surface area contributed by atoms with Gasteiger partial charge in [-0.3, -0.25) is 14.4 Å². The van der Waals surface area contributed by atoms with E-state index in [0.717, 1.165) is 69.8 Å². The SMILES string of the molecule is CC(C)C1=C2[C@H]3CC[C@@H]4[C@@]5(C)CC[C@H](OC(=O)[C@H]6C[C@@H](C(=O)O)C6(C)C)C(C)(C)[C@@H]5CC[C@@]4(C)[C@]3(C)CC[C@@]2([C@@H](O)CNC2(c3ncc(Cl)cn3)CC2)CC1=O. The number of halogens is 1. The fourth-order valence-electron chi connectivity index (χ4n) is 14.9. The van der Waals surface area contributed by atoms with Crippen molar-refractivity contribution in [2.45, 2.75) is 157 Å². The lowest BCUT2D eigenvalue weighted by Gasteiger charge is -2.72. The van der Waals surface area contributed by atoms with E-state index in [-0.39, 0.29) is 62.8 Å². The highest BCUT2D eigenvalue weighted by molar-refractivity contribution is 6.30. The highest BCUT2D eigenvalue weighted by Crippen LogP contribution is 2.77. The Labute approximate surface area is 339 Å². The van der Waals surface area contributed by atoms with Crippen LogP contribution in [0.1, 0.15) is 145 Å². The summed E-state index contributed by atoms with van der Waals surface area (Å²) in [6.45, 7) is 20.8. The van der Waals surface area contributed by atoms with E-state index in [2.05, 4.69) is 63.8 Å². The third-order valence-electron chi connectivity index (χ3n) is 18.6. The van der Waals surface area contributed by atoms with Crippen LogP contribution in [0, 0.1) is 68.0 Å². The number of nitrogens with zero attached hydrogens (tertiary/aromatic N) is 2. The van der Waals surface area contributed by atoms with Crippen LogP contribution in [-0.4, -0.2) is 56.7 Å². The molecule has 1 heterocycles. The first-order chi connectivity index (χ1) is 26.1. The summed E-state index contributed by atoms with van der Waals surface area (Å²) < 4.78 is 6.42. The maximum absolute atomic E-state index is 14.2. The number of ketones is 1. The Morgan fingerprint density at radius 1 is 0.875 bits per heavy atom. The molecular formula is C46H66ClN3O6. The standard InChI is InChI=1S/C46H66ClN3O6/c1-25(2)35-30(51)21-45(33(52)24-50-46(18-19-46)39-48-22-26(47)23-49-39)17-16-43(8)27(36(35)45)10-11-32-42(7)14-13-34(41(5,6)31(42)12-15-44(32,43)9)56-38(55)29-20-28(37(53)54)40(29,3)4/h22-23,25,27-29,31-34,50,52H,10-21,24H2,1-9H3,(H,53,54)/t27-,28+,29-,31+,32-,33+,34+,42+,43-,44-,45+/m1/s1. The lowest BCUT2D eigenvalue weighted by molar-refractivity contribution is -0.238. The third-order valence-corrected chi connectivity index (χ3v) is 18.8. The van der Waals surface area contributed by atoms with E-state index < -0.39 is 28.8 Å². The Bertz CT molecular complexity index is 1840. The first-order valence-electron chi connectivity index (χ1n) is 21.7. The van der Waals surface area contributed by atoms with Gasteiger partial charge in [0.2, 0.25) is 0 Å². The number of allylic oxidation sites excluding steroid dienone is 1. The van der Waals surface area contributed by atoms with Gasteiger partial charge >= 0.3 is 11.9 Å². The number of fused-ring (bicyclic) bond motifs is 7. The average molecular weight is 793 g/mol. The summed E-state index contributed by atoms with van der Waals surface area (Å²) in [6.07, 6.45) is 12.8. The molecule has 0 aromatic carbocycles. The molecule has 0 unspecified atom stereocenters. The third kappa shape index (κ3) is 5.54. The molecule has 6 fully saturated rings. The maximum Gasteiger partial charge on any atom is 0.309 e. The van der Waals surface area contributed by atoms with Crippen LogP contribution in [0.25, 0.3) is 0 Å². The van der Waals surface area contributed by atoms with Gasteiger partial charge in [0.15, 0.2) is 5.78 Å². The normalized spacial score (nSPS) is 42.1. The van der Waals surface area contributed by atoms with Gasteiger partial charge in [0.25, 0.3) is 0 Å². The topological polar surface area (TPSA) is 139 Å². The number of aliphatic carboxylic acids is 1. The summed E-state index contributed by atoms with van der Waals surface area (Å²) in [5.74, 6) is 0.181. The van der Waals surface area contributed by atoms with E-state index in [1.165, 1.54) is 5.57 Å². The van der Waals surface area contributed by atoms with E-state index in [9.17, 15) is 24.6 Å². The summed E-state index contributed by atoms with van der Waals surface area (Å²) in [6, 6.07) is 0. The van der Waals surface area contributed by atoms with Crippen LogP contribution >= 0.6 is 11.6 Å². The van der Waals surface area contributed by atoms with Gasteiger partial charge in [-0.25, -0.2) is 9.97 Å². The number of hydrogen-bond acceptors (Lipinski definition) is 8. The molecule has 1 aromatic heterocycles. The van der Waals surface area contributed by atoms with Gasteiger partial charge in [-0.1, -0.05) is 79.5 Å². The number of carbonyl (C=O) groups excluding carboxylic acids is 2. The van der Waals surface area contributed by atoms with E-state index in [4.69, 9.17) is 16.3 Å². The predicted molar refractivity (Wildman–Crippen MR) is 214 cm³/mol. The van der Waals surface area contributed by atoms with Crippen LogP contribution in [-0.2, 0) is 24.7 Å². The molecule has 308 valence electrons. The number of nitrogens with one attached hydrogen (secondary N) is 1. The van der Waals surface area contributed by atoms with Crippen LogP contribution in [0.5, 0.6) is 0 Å². The number of carboxylic acid groups (broad SMARTS) is 1. The summed E-state index contributed by atoms with van der Waals surface area (Å²) in [4.78, 5) is 48.6. The molecule has 0 aliphatic heterocycles. The molecule has 6 saturated carbocycles. The Kier molecular flexibility index (Phi) is 9.43. The second kappa shape index (κ2) is 13.1. The molecule has 7 aliphatic rings. The molecule has 10 heteroatoms. The number of carbonyl (C=O) groups is 3. The fourth-order valence-corrected chi connectivity index (χ4v) is 15.0. The number of aliphatic hydroxyl groups excluding tert-OH is 1. The molecule has 0 saturated heterocycles. The molecule has 56 heavy (non-hydrogen) atoms. The molecule has 0 radical (unpaired) electrons. The molecule has 11 atom stereocenters. The zero-order chi connectivity index (χ0) is 40.6. The second-order valence-corrected chi connectivity index (χ2v) is 22.3. The zero-order valence-electron chi connectivity index (χ0n) is 35.3. The van der Waals surface area contributed by atoms with Gasteiger partial charge in [-0.15, -0.1) is 0 Å². The lowest BCUT2D eigenvalue weighted by atomic mass is 9.33. The van der Waals surface area contributed by atoms with Crippen LogP contribution in [0.4, 0.5) is 0 Å². The molecule has 0 amide bonds. The minimum atomic E-state index is -0.832. The first kappa shape index (κ1) is 40.4. The molecule has 1 aromatic rings. The minimum absolute atomic E-state index is 0.0283. The Balaban J connectivity index is 1.04. The predicted octanol–water partition coefficient (Wildman–Crippen LogP) is 8.71. The summed E-state index contributed by atoms with van der Waals surface area (Å²) in [5.41, 5.74) is 0.584. The fraction of sp³-hybridized carbons (Fsp3) is 0.804. The number of aromatic nitrogens is 2. The quantitative estimate of drug-likeness (QED) is 0.210. The van der Waals surface area contributed by atoms with Crippen molar-refractivity contribution in [2.24, 2.45) is 68.0 Å². The van der Waals surface area contributed by atoms with Crippen molar-refractivity contribution < 1.29 is 29.3 Å². The molecular weight excluding hydrogens is 726 g/mol. The van der Waals surface area contributed by atoms with Crippen molar-refractivity contribution >= 4 is 29.3 Å². The van der Waals surface area contributed by atoms with Crippen LogP contribution in [0.3, 0.4) is 0 Å². The zero-order valence-corrected chi connectivity index (χ0v) is 36.0. The molecule has 9 nitrogen and oxygen atoms in total. The molecule has 0 spiro atoms. The number of hydrogen-bond donors (Lipinski definition) is 3. The van der Waals surface area contributed by atoms with Gasteiger partial charge in [0, 0.05) is 36.2 Å². The van der Waals surface area contributed by atoms with Crippen molar-refractivity contribution in [3.8, 4) is 0 Å². The van der Waals surface area contributed by atoms with Crippen molar-refractivity contribution in [2.75, 3.05) is 6.54 Å². The van der Waals surface area contributed by atoms with E-state index in [0.29, 0.717) is 42.1 Å². The van der Waals surface area contributed by atoms with E-state index >= 15 is 0 Å². The van der Waals surface area contributed by atoms with Gasteiger partial charge in [-0.05, 0) is 122 Å². The van der Waals surface area contributed by atoms with Crippen molar-refractivity contribution in [1.29, 1.82) is 0 Å². The smallest absolute Gasteiger partial charge is 0.309 e. The Morgan fingerprint density at radius 2 is 1.55 bits per heavy atom. The highest BCUT2D eigenvalue weighted by Gasteiger charge is 2.71. The Morgan fingerprint density at radius 3 is 2.16 bits per heavy atom. The van der Waals surface area contributed by atoms with Crippen LogP contribution < -0.4 is 5.32 Å². The number of carboxylic acids is 1. The Hall–Kier alpha value is -2.36. The van der Waals surface area contributed by atoms with Crippen molar-refractivity contribution in [1.82, 2.24) is 15.3 Å². The average Bonchev–Trinajstić information content (AvgIpc) is 3.83. The number of aliphatic hydroxyl groups is 1. The minimum Gasteiger partial charge on any atom is -0.481 e. The van der Waals surface area contributed by atoms with E-state index in [1.807, 2.05) is 13.8 Å². The number of rotatable bonds is 9. The lowest BCUT2D eigenvalue weighted by Crippen LogP contribution is -2.66. The van der Waals surface area contributed by atoms with Gasteiger partial charge in [0.05, 0.1) is 28.5 Å². The van der Waals surface area contributed by atoms with Gasteiger partial charge < -0.3 is 20.3 Å². The monoisotopic (exact) mass is 791 g/mol. The summed E-state index contributed by atoms with van der Waals surface area (Å²) >= 11 is 6.10. The second-order valence-electron chi connectivity index (χ2n) is 21.8. The first-order valence-corrected chi connectivity index (χ1v) is 22.1. The van der Waals surface area contributed by atoms with Gasteiger partial charge in [0.1, 0.15) is 11.9 Å². The molecule has 7 aliphatic carbocycles. The highest BCUT2D eigenvalue weighted by atomic mass is 35.5. The number of esters is 1. The van der Waals surface area contributed by atoms with E-state index in [1.54, 1.807) is 12.4 Å². The van der Waals surface area contributed by atoms with Crippen LogP contribution in [0.15, 0.2) is 23.5 Å². The maximum atomic E-state index is 14.2. The van der Waals surface area contributed by atoms with Crippen LogP contribution in [0.2, 0.25) is 5.02 Å². The molecule has 8 rings (SSSR count). The van der Waals surface area contributed by atoms with Crippen molar-refractivity contribution in [3.05, 3.63) is 34.4 Å². The van der Waals surface area contributed by atoms with Gasteiger partial charge in [-0.2, -0.15) is 0 Å².